The number of aryl methyl sites for hydroxylation is 1. The molecular weight excluding hydrogens is 278 g/mol. The van der Waals surface area contributed by atoms with Crippen molar-refractivity contribution in [1.29, 1.82) is 0 Å². The third-order valence-electron chi connectivity index (χ3n) is 3.37. The number of carboxylic acid groups (broad SMARTS) is 1. The van der Waals surface area contributed by atoms with Gasteiger partial charge in [-0.3, -0.25) is 4.79 Å². The van der Waals surface area contributed by atoms with Gasteiger partial charge in [-0.2, -0.15) is 8.78 Å². The zero-order valence-corrected chi connectivity index (χ0v) is 12.0. The Morgan fingerprint density at radius 1 is 1.48 bits per heavy atom. The largest absolute Gasteiger partial charge is 0.481 e. The summed E-state index contributed by atoms with van der Waals surface area (Å²) in [7, 11) is 0. The molecule has 1 N–H and O–H groups in total. The van der Waals surface area contributed by atoms with E-state index in [2.05, 4.69) is 6.42 Å². The highest BCUT2D eigenvalue weighted by molar-refractivity contribution is 5.80. The molecular formula is C16H18F2O3. The minimum atomic E-state index is -3.33. The molecule has 0 bridgehead atoms. The van der Waals surface area contributed by atoms with E-state index in [1.165, 1.54) is 5.92 Å². The maximum Gasteiger partial charge on any atom is 0.330 e. The van der Waals surface area contributed by atoms with Crippen molar-refractivity contribution >= 4 is 5.97 Å². The molecule has 21 heavy (non-hydrogen) atoms. The van der Waals surface area contributed by atoms with Gasteiger partial charge < -0.3 is 9.84 Å². The SMILES string of the molecule is C#CC(F)(F)COCCC(C)(C(=O)O)c1cccc(C)c1. The van der Waals surface area contributed by atoms with Crippen LogP contribution in [0.3, 0.4) is 0 Å². The second-order valence-corrected chi connectivity index (χ2v) is 5.16. The van der Waals surface area contributed by atoms with Gasteiger partial charge in [0, 0.05) is 6.61 Å². The van der Waals surface area contributed by atoms with Crippen LogP contribution in [0.5, 0.6) is 0 Å². The number of hydrogen-bond donors (Lipinski definition) is 1. The number of rotatable bonds is 7. The maximum absolute atomic E-state index is 12.8. The molecule has 114 valence electrons. The molecule has 0 amide bonds. The van der Waals surface area contributed by atoms with Crippen molar-refractivity contribution in [2.45, 2.75) is 31.6 Å². The van der Waals surface area contributed by atoms with Gasteiger partial charge in [-0.1, -0.05) is 29.8 Å². The van der Waals surface area contributed by atoms with Crippen molar-refractivity contribution in [3.05, 3.63) is 35.4 Å². The van der Waals surface area contributed by atoms with Crippen LogP contribution in [0.2, 0.25) is 0 Å². The quantitative estimate of drug-likeness (QED) is 0.621. The van der Waals surface area contributed by atoms with Crippen molar-refractivity contribution < 1.29 is 23.4 Å². The lowest BCUT2D eigenvalue weighted by Crippen LogP contribution is -2.34. The molecule has 0 fully saturated rings. The van der Waals surface area contributed by atoms with E-state index in [4.69, 9.17) is 4.74 Å². The second-order valence-electron chi connectivity index (χ2n) is 5.16. The number of carboxylic acids is 1. The van der Waals surface area contributed by atoms with Crippen LogP contribution in [0.15, 0.2) is 24.3 Å². The Labute approximate surface area is 122 Å². The van der Waals surface area contributed by atoms with Gasteiger partial charge in [0.05, 0.1) is 5.41 Å². The zero-order valence-electron chi connectivity index (χ0n) is 12.0. The number of terminal acetylenes is 1. The predicted molar refractivity (Wildman–Crippen MR) is 75.4 cm³/mol. The maximum atomic E-state index is 12.8. The Morgan fingerprint density at radius 2 is 2.14 bits per heavy atom. The summed E-state index contributed by atoms with van der Waals surface area (Å²) in [5.74, 6) is -3.03. The standard InChI is InChI=1S/C16H18F2O3/c1-4-16(17,18)11-21-9-8-15(3,14(19)20)13-7-5-6-12(2)10-13/h1,5-7,10H,8-9,11H2,2-3H3,(H,19,20). The molecule has 5 heteroatoms. The van der Waals surface area contributed by atoms with E-state index >= 15 is 0 Å². The second kappa shape index (κ2) is 6.68. The number of benzene rings is 1. The summed E-state index contributed by atoms with van der Waals surface area (Å²) in [6.45, 7) is 2.38. The number of ether oxygens (including phenoxy) is 1. The molecule has 1 atom stereocenters. The Bertz CT molecular complexity index is 549. The molecule has 0 aliphatic carbocycles. The molecule has 1 aromatic carbocycles. The molecule has 1 rings (SSSR count). The molecule has 0 spiro atoms. The first kappa shape index (κ1) is 17.1. The Morgan fingerprint density at radius 3 is 2.67 bits per heavy atom. The zero-order chi connectivity index (χ0) is 16.1. The van der Waals surface area contributed by atoms with E-state index in [1.807, 2.05) is 13.0 Å². The average molecular weight is 296 g/mol. The summed E-state index contributed by atoms with van der Waals surface area (Å²) in [5, 5.41) is 9.45. The van der Waals surface area contributed by atoms with Gasteiger partial charge in [0.15, 0.2) is 0 Å². The van der Waals surface area contributed by atoms with Crippen molar-refractivity contribution in [3.8, 4) is 12.3 Å². The lowest BCUT2D eigenvalue weighted by atomic mass is 9.79. The average Bonchev–Trinajstić information content (AvgIpc) is 2.43. The number of aliphatic carboxylic acids is 1. The lowest BCUT2D eigenvalue weighted by molar-refractivity contribution is -0.144. The molecule has 0 aliphatic rings. The van der Waals surface area contributed by atoms with Crippen LogP contribution in [0.1, 0.15) is 24.5 Å². The molecule has 0 aliphatic heterocycles. The first-order chi connectivity index (χ1) is 9.71. The minimum absolute atomic E-state index is 0.0758. The van der Waals surface area contributed by atoms with Crippen LogP contribution < -0.4 is 0 Å². The van der Waals surface area contributed by atoms with E-state index in [9.17, 15) is 18.7 Å². The van der Waals surface area contributed by atoms with Crippen molar-refractivity contribution in [3.63, 3.8) is 0 Å². The first-order valence-corrected chi connectivity index (χ1v) is 6.45. The highest BCUT2D eigenvalue weighted by atomic mass is 19.3. The molecule has 0 radical (unpaired) electrons. The normalized spacial score (nSPS) is 14.2. The number of alkyl halides is 2. The van der Waals surface area contributed by atoms with Gasteiger partial charge in [0.25, 0.3) is 0 Å². The Balaban J connectivity index is 2.75. The summed E-state index contributed by atoms with van der Waals surface area (Å²) < 4.78 is 30.5. The van der Waals surface area contributed by atoms with Crippen LogP contribution in [-0.4, -0.2) is 30.2 Å². The van der Waals surface area contributed by atoms with Gasteiger partial charge in [-0.15, -0.1) is 6.42 Å². The van der Waals surface area contributed by atoms with Crippen molar-refractivity contribution in [1.82, 2.24) is 0 Å². The molecule has 3 nitrogen and oxygen atoms in total. The van der Waals surface area contributed by atoms with E-state index in [0.717, 1.165) is 5.56 Å². The van der Waals surface area contributed by atoms with Crippen LogP contribution in [-0.2, 0) is 14.9 Å². The van der Waals surface area contributed by atoms with Crippen LogP contribution in [0.4, 0.5) is 8.78 Å². The monoisotopic (exact) mass is 296 g/mol. The molecule has 0 aromatic heterocycles. The van der Waals surface area contributed by atoms with E-state index in [0.29, 0.717) is 5.56 Å². The van der Waals surface area contributed by atoms with Gasteiger partial charge in [-0.25, -0.2) is 0 Å². The molecule has 0 saturated heterocycles. The molecule has 0 heterocycles. The lowest BCUT2D eigenvalue weighted by Gasteiger charge is -2.26. The number of hydrogen-bond acceptors (Lipinski definition) is 2. The molecule has 1 aromatic rings. The Kier molecular flexibility index (Phi) is 5.45. The smallest absolute Gasteiger partial charge is 0.330 e. The summed E-state index contributed by atoms with van der Waals surface area (Å²) in [6.07, 6.45) is 4.73. The van der Waals surface area contributed by atoms with Crippen LogP contribution in [0.25, 0.3) is 0 Å². The fraction of sp³-hybridized carbons (Fsp3) is 0.438. The summed E-state index contributed by atoms with van der Waals surface area (Å²) in [5.41, 5.74) is 0.347. The topological polar surface area (TPSA) is 46.5 Å². The number of halogens is 2. The third kappa shape index (κ3) is 4.54. The fourth-order valence-electron chi connectivity index (χ4n) is 1.88. The minimum Gasteiger partial charge on any atom is -0.481 e. The van der Waals surface area contributed by atoms with E-state index in [-0.39, 0.29) is 13.0 Å². The fourth-order valence-corrected chi connectivity index (χ4v) is 1.88. The highest BCUT2D eigenvalue weighted by Crippen LogP contribution is 2.29. The third-order valence-corrected chi connectivity index (χ3v) is 3.37. The van der Waals surface area contributed by atoms with Gasteiger partial charge in [0.1, 0.15) is 6.61 Å². The summed E-state index contributed by atoms with van der Waals surface area (Å²) in [4.78, 5) is 11.5. The highest BCUT2D eigenvalue weighted by Gasteiger charge is 2.35. The van der Waals surface area contributed by atoms with Gasteiger partial charge >= 0.3 is 11.9 Å². The molecule has 1 unspecified atom stereocenters. The van der Waals surface area contributed by atoms with Crippen LogP contribution >= 0.6 is 0 Å². The van der Waals surface area contributed by atoms with E-state index in [1.54, 1.807) is 25.1 Å². The molecule has 0 saturated carbocycles. The van der Waals surface area contributed by atoms with E-state index < -0.39 is 23.9 Å². The van der Waals surface area contributed by atoms with Gasteiger partial charge in [0.2, 0.25) is 0 Å². The summed E-state index contributed by atoms with van der Waals surface area (Å²) >= 11 is 0. The number of carbonyl (C=O) groups is 1. The summed E-state index contributed by atoms with van der Waals surface area (Å²) in [6, 6.07) is 7.09. The van der Waals surface area contributed by atoms with Crippen molar-refractivity contribution in [2.75, 3.05) is 13.2 Å². The Hall–Kier alpha value is -1.93. The van der Waals surface area contributed by atoms with Crippen molar-refractivity contribution in [2.24, 2.45) is 0 Å². The van der Waals surface area contributed by atoms with Crippen LogP contribution in [0, 0.1) is 19.3 Å². The van der Waals surface area contributed by atoms with Gasteiger partial charge in [-0.05, 0) is 31.8 Å². The predicted octanol–water partition coefficient (Wildman–Crippen LogP) is 3.01. The first-order valence-electron chi connectivity index (χ1n) is 6.45.